The number of benzene rings is 1. The Morgan fingerprint density at radius 3 is 0.803 bits per heavy atom. The summed E-state index contributed by atoms with van der Waals surface area (Å²) in [7, 11) is 0. The van der Waals surface area contributed by atoms with Crippen LogP contribution in [0, 0.1) is 71.5 Å². The molecule has 4 saturated carbocycles. The molecule has 1 aromatic carbocycles. The van der Waals surface area contributed by atoms with Gasteiger partial charge in [0.1, 0.15) is 166 Å². The van der Waals surface area contributed by atoms with E-state index >= 15 is 0 Å². The monoisotopic (exact) mass is 2070 g/mol. The van der Waals surface area contributed by atoms with Crippen molar-refractivity contribution in [2.75, 3.05) is 79.2 Å². The van der Waals surface area contributed by atoms with Crippen molar-refractivity contribution >= 4 is 147 Å². The molecule has 6 aliphatic rings. The molecule has 40 nitrogen and oxygen atoms in total. The first-order valence-corrected chi connectivity index (χ1v) is 49.4. The molecule has 0 spiro atoms. The number of allylic oxidation sites excluding steroid dienone is 1. The summed E-state index contributed by atoms with van der Waals surface area (Å²) in [5.41, 5.74) is 1.82. The Labute approximate surface area is 860 Å². The largest absolute Gasteiger partial charge is 0.466 e. The third-order valence-electron chi connectivity index (χ3n) is 22.9. The zero-order chi connectivity index (χ0) is 111. The van der Waals surface area contributed by atoms with E-state index in [0.29, 0.717) is 98.8 Å². The minimum atomic E-state index is -0.657. The van der Waals surface area contributed by atoms with Gasteiger partial charge < -0.3 is 71.6 Å². The highest BCUT2D eigenvalue weighted by Crippen LogP contribution is 2.50. The number of carbonyl (C=O) groups excluding carboxylic acids is 25. The summed E-state index contributed by atoms with van der Waals surface area (Å²) in [4.78, 5) is 275. The van der Waals surface area contributed by atoms with Crippen LogP contribution in [0.1, 0.15) is 318 Å². The smallest absolute Gasteiger partial charge is 0.332 e. The molecule has 4 unspecified atom stereocenters. The predicted molar refractivity (Wildman–Crippen MR) is 524 cm³/mol. The summed E-state index contributed by atoms with van der Waals surface area (Å²) in [5.74, 6) is -2.37. The minimum Gasteiger partial charge on any atom is -0.466 e. The lowest BCUT2D eigenvalue weighted by Crippen LogP contribution is -2.39. The highest BCUT2D eigenvalue weighted by atomic mass is 16.7. The van der Waals surface area contributed by atoms with Gasteiger partial charge in [0.05, 0.1) is 59.5 Å². The molecule has 2 aliphatic heterocycles. The normalized spacial score (nSPS) is 19.5. The molecule has 40 heteroatoms. The van der Waals surface area contributed by atoms with E-state index < -0.39 is 102 Å². The third kappa shape index (κ3) is 66.8. The van der Waals surface area contributed by atoms with Crippen LogP contribution in [0.2, 0.25) is 0 Å². The van der Waals surface area contributed by atoms with E-state index in [4.69, 9.17) is 65.0 Å². The van der Waals surface area contributed by atoms with Gasteiger partial charge in [0.15, 0.2) is 12.2 Å². The van der Waals surface area contributed by atoms with Gasteiger partial charge in [0, 0.05) is 29.4 Å². The number of carbonyl (C=O) groups is 25. The Kier molecular flexibility index (Phi) is 69.2. The van der Waals surface area contributed by atoms with E-state index in [0.717, 1.165) is 121 Å². The topological polar surface area (TPSA) is 568 Å². The van der Waals surface area contributed by atoms with Crippen LogP contribution in [0.25, 0.3) is 0 Å². The van der Waals surface area contributed by atoms with Crippen molar-refractivity contribution in [1.82, 2.24) is 5.32 Å². The molecule has 7 rings (SSSR count). The molecule has 4 atom stereocenters. The second kappa shape index (κ2) is 75.8. The average Bonchev–Trinajstić information content (AvgIpc) is 1.76. The van der Waals surface area contributed by atoms with Crippen LogP contribution in [0.3, 0.4) is 0 Å². The van der Waals surface area contributed by atoms with Crippen molar-refractivity contribution in [3.63, 3.8) is 0 Å². The SMILES string of the molecule is C#CC(=O)c1ccc(C(=O)C#C)cc1.CC(=O)CC(=O)OC1COC2C(OC(=O)CC(C)=O)COC12.CC(=O)CC(=O)OCC1CCC(C(C)(C)C2CCC(OC(=O)CC(C)=O)CC2)CC1.CC(=O)CC(=O)OCC1CCC(COC(=O)CC(C)=O)CC1.CC(=O)CC(=O)OCC1CCC(COC(=O)CC(C)=O)CC1.CC(=O)CC(=O)OCCOC(=O)CC(C)=O.CCCOC(=O)/C=C(/C)NCC.CCOC(=O)CC(C)=O. The summed E-state index contributed by atoms with van der Waals surface area (Å²) in [6.07, 6.45) is 23.1. The first-order chi connectivity index (χ1) is 69.1. The second-order valence-electron chi connectivity index (χ2n) is 37.3. The number of hydrogen-bond donors (Lipinski definition) is 1. The Balaban J connectivity index is 0.00000169. The van der Waals surface area contributed by atoms with E-state index in [-0.39, 0.29) is 178 Å². The van der Waals surface area contributed by atoms with Crippen LogP contribution >= 0.6 is 0 Å². The first-order valence-electron chi connectivity index (χ1n) is 49.4. The molecule has 1 aromatic rings. The van der Waals surface area contributed by atoms with Crippen LogP contribution in [-0.4, -0.2) is 257 Å². The molecule has 2 heterocycles. The number of rotatable bonds is 48. The molecule has 2 saturated heterocycles. The number of ketones is 13. The van der Waals surface area contributed by atoms with Gasteiger partial charge in [-0.25, -0.2) is 4.79 Å². The van der Waals surface area contributed by atoms with E-state index in [2.05, 4.69) is 33.4 Å². The lowest BCUT2D eigenvalue weighted by atomic mass is 9.60. The maximum atomic E-state index is 11.7. The highest BCUT2D eigenvalue weighted by Gasteiger charge is 2.51. The minimum absolute atomic E-state index is 0.0516. The molecule has 0 aromatic heterocycles. The van der Waals surface area contributed by atoms with E-state index in [1.165, 1.54) is 107 Å². The highest BCUT2D eigenvalue weighted by molar-refractivity contribution is 6.11. The average molecular weight is 2080 g/mol. The number of fused-ring (bicyclic) bond motifs is 1. The Bertz CT molecular complexity index is 4380. The molecule has 4 aliphatic carbocycles. The van der Waals surface area contributed by atoms with Gasteiger partial charge in [-0.15, -0.1) is 12.8 Å². The third-order valence-corrected chi connectivity index (χ3v) is 22.9. The van der Waals surface area contributed by atoms with Crippen LogP contribution in [0.15, 0.2) is 36.0 Å². The fourth-order valence-corrected chi connectivity index (χ4v) is 15.6. The van der Waals surface area contributed by atoms with E-state index in [9.17, 15) is 120 Å². The molecular formula is C107H151NO39. The standard InChI is InChI=1S/C24H38O6.2C16H24O6.C14H18O8.C12H6O2.C10H14O6.C9H17NO2.C6H10O3/c1-16(25)13-22(27)29-15-18-5-7-19(8-6-18)24(3,4)20-9-11-21(12-10-20)30-23(28)14-17(2)26;2*1-11(17)7-15(19)21-9-13-3-5-14(6-4-13)10-22-16(20)8-12(2)18;1-7(15)3-11(17)21-9-5-19-14-10(6-20-13(9)14)22-12(18)4-8(2)16;1-3-11(13)9-5-7-10(8-6-9)12(14)4-2;1-7(11)5-9(13)15-3-4-16-10(14)6-8(2)12;1-4-6-12-9(11)7-8(3)10-5-2;1-3-9-6(8)4-5(2)7/h18-21H,5-15H2,1-4H3;2*13-14H,3-10H2,1-2H3;9-10,13-14H,3-6H2,1-2H3;1-2,5-8H;3-6H2,1-2H3;7,10H,4-6H2,1-3H3;3-4H2,1-2H3/b;;;;;;8-7-;. The summed E-state index contributed by atoms with van der Waals surface area (Å²) < 4.78 is 70.8. The van der Waals surface area contributed by atoms with Gasteiger partial charge in [0.2, 0.25) is 11.6 Å². The fourth-order valence-electron chi connectivity index (χ4n) is 15.6. The predicted octanol–water partition coefficient (Wildman–Crippen LogP) is 11.0. The number of terminal acetylenes is 2. The molecule has 0 radical (unpaired) electrons. The van der Waals surface area contributed by atoms with Gasteiger partial charge in [0.25, 0.3) is 0 Å². The molecule has 6 fully saturated rings. The van der Waals surface area contributed by atoms with E-state index in [1.54, 1.807) is 6.92 Å². The van der Waals surface area contributed by atoms with Crippen molar-refractivity contribution < 1.29 is 186 Å². The number of Topliss-reactive ketones (excluding diaryl/α,β-unsaturated/α-hetero) is 13. The van der Waals surface area contributed by atoms with Crippen molar-refractivity contribution in [1.29, 1.82) is 0 Å². The quantitative estimate of drug-likeness (QED) is 0.00925. The van der Waals surface area contributed by atoms with E-state index in [1.807, 2.05) is 32.6 Å². The fraction of sp³-hybridized carbons (Fsp3) is 0.654. The maximum absolute atomic E-state index is 11.7. The van der Waals surface area contributed by atoms with Crippen LogP contribution in [0.4, 0.5) is 0 Å². The van der Waals surface area contributed by atoms with Crippen molar-refractivity contribution in [3.8, 4) is 24.7 Å². The van der Waals surface area contributed by atoms with Gasteiger partial charge >= 0.3 is 71.6 Å². The van der Waals surface area contributed by atoms with Crippen LogP contribution in [0.5, 0.6) is 0 Å². The van der Waals surface area contributed by atoms with Gasteiger partial charge in [-0.1, -0.05) is 20.8 Å². The Hall–Kier alpha value is -12.8. The Morgan fingerprint density at radius 1 is 0.320 bits per heavy atom. The summed E-state index contributed by atoms with van der Waals surface area (Å²) in [6, 6.07) is 5.92. The number of nitrogens with one attached hydrogen (secondary N) is 1. The number of esters is 12. The lowest BCUT2D eigenvalue weighted by Gasteiger charge is -2.46. The van der Waals surface area contributed by atoms with Crippen molar-refractivity contribution in [2.24, 2.45) is 46.8 Å². The molecular weight excluding hydrogens is 1920 g/mol. The second-order valence-corrected chi connectivity index (χ2v) is 37.3. The van der Waals surface area contributed by atoms with Crippen molar-refractivity contribution in [2.45, 2.75) is 328 Å². The zero-order valence-electron chi connectivity index (χ0n) is 88.2. The molecule has 0 amide bonds. The van der Waals surface area contributed by atoms with Gasteiger partial charge in [-0.2, -0.15) is 0 Å². The molecule has 1 N–H and O–H groups in total. The van der Waals surface area contributed by atoms with Crippen LogP contribution in [-0.2, 0) is 177 Å². The molecule has 147 heavy (non-hydrogen) atoms. The maximum Gasteiger partial charge on any atom is 0.332 e. The first kappa shape index (κ1) is 134. The summed E-state index contributed by atoms with van der Waals surface area (Å²) in [5, 5.41) is 3.01. The number of ether oxygens (including phenoxy) is 14. The lowest BCUT2D eigenvalue weighted by molar-refractivity contribution is -0.157. The summed E-state index contributed by atoms with van der Waals surface area (Å²) in [6.45, 7) is 30.5. The number of hydrogen-bond acceptors (Lipinski definition) is 40. The molecule has 818 valence electrons. The zero-order valence-corrected chi connectivity index (χ0v) is 88.2. The summed E-state index contributed by atoms with van der Waals surface area (Å²) >= 11 is 0. The molecule has 0 bridgehead atoms. The van der Waals surface area contributed by atoms with Gasteiger partial charge in [-0.05, 0) is 289 Å². The van der Waals surface area contributed by atoms with Crippen LogP contribution < -0.4 is 5.32 Å². The van der Waals surface area contributed by atoms with Gasteiger partial charge in [-0.3, -0.25) is 115 Å². The Morgan fingerprint density at radius 2 is 0.558 bits per heavy atom. The van der Waals surface area contributed by atoms with Crippen molar-refractivity contribution in [3.05, 3.63) is 47.2 Å².